The average Bonchev–Trinajstić information content (AvgIpc) is 2.68. The predicted molar refractivity (Wildman–Crippen MR) is 120 cm³/mol. The first-order chi connectivity index (χ1) is 14.8. The molecule has 0 aliphatic carbocycles. The molecule has 1 fully saturated rings. The first kappa shape index (κ1) is 25.1. The molecule has 14 heteroatoms. The third kappa shape index (κ3) is 5.52. The maximum absolute atomic E-state index is 12.7. The zero-order valence-electron chi connectivity index (χ0n) is 16.3. The van der Waals surface area contributed by atoms with Gasteiger partial charge in [0.1, 0.15) is 23.7 Å². The molecule has 3 unspecified atom stereocenters. The number of esters is 1. The molecule has 0 aromatic heterocycles. The number of nitrogens with zero attached hydrogens (tertiary/aromatic N) is 1. The molecule has 9 nitrogen and oxygen atoms in total. The number of amides is 2. The summed E-state index contributed by atoms with van der Waals surface area (Å²) in [5.41, 5.74) is -0.0305. The molecule has 2 heterocycles. The highest BCUT2D eigenvalue weighted by molar-refractivity contribution is 8.00. The number of halogens is 3. The van der Waals surface area contributed by atoms with Crippen LogP contribution < -0.4 is 5.32 Å². The zero-order valence-corrected chi connectivity index (χ0v) is 20.2. The number of alkyl halides is 3. The first-order valence-corrected chi connectivity index (χ1v) is 12.6. The Morgan fingerprint density at radius 3 is 2.47 bits per heavy atom. The number of hydrogen-bond donors (Lipinski definition) is 2. The van der Waals surface area contributed by atoms with Crippen molar-refractivity contribution in [2.45, 2.75) is 32.6 Å². The fraction of sp³-hybridized carbons (Fsp3) is 0.389. The van der Waals surface area contributed by atoms with E-state index in [4.69, 9.17) is 39.5 Å². The molecule has 0 saturated carbocycles. The largest absolute Gasteiger partial charge is 0.456 e. The molecule has 32 heavy (non-hydrogen) atoms. The van der Waals surface area contributed by atoms with Gasteiger partial charge in [-0.3, -0.25) is 19.0 Å². The quantitative estimate of drug-likeness (QED) is 0.242. The number of β-lactam (4-membered cyclic amide) rings is 1. The second kappa shape index (κ2) is 9.40. The molecule has 4 atom stereocenters. The number of fused-ring (bicyclic) bond motifs is 1. The SMILES string of the molecule is CC1C=C(C(=O)OCC(Cl)(Cl)Cl)N2C(=O)C(NC(=O)C(c3ccccc3)S(=O)(=O)O)[C@@H]2S1. The molecule has 2 aliphatic heterocycles. The van der Waals surface area contributed by atoms with Crippen molar-refractivity contribution in [3.8, 4) is 0 Å². The van der Waals surface area contributed by atoms with Crippen LogP contribution in [0, 0.1) is 0 Å². The molecule has 174 valence electrons. The normalized spacial score (nSPS) is 24.0. The van der Waals surface area contributed by atoms with Crippen LogP contribution in [0.3, 0.4) is 0 Å². The van der Waals surface area contributed by atoms with Crippen LogP contribution in [-0.4, -0.2) is 62.7 Å². The molecule has 2 aliphatic rings. The van der Waals surface area contributed by atoms with Crippen LogP contribution in [0.25, 0.3) is 0 Å². The number of hydrogen-bond acceptors (Lipinski definition) is 7. The molecule has 1 aromatic carbocycles. The second-order valence-electron chi connectivity index (χ2n) is 6.98. The maximum atomic E-state index is 12.7. The summed E-state index contributed by atoms with van der Waals surface area (Å²) in [6, 6.07) is 6.25. The van der Waals surface area contributed by atoms with Gasteiger partial charge in [0.2, 0.25) is 9.70 Å². The third-order valence-corrected chi connectivity index (χ3v) is 7.30. The Labute approximate surface area is 203 Å². The van der Waals surface area contributed by atoms with Crippen molar-refractivity contribution in [3.63, 3.8) is 0 Å². The van der Waals surface area contributed by atoms with Crippen LogP contribution in [-0.2, 0) is 29.2 Å². The van der Waals surface area contributed by atoms with E-state index in [1.807, 2.05) is 0 Å². The van der Waals surface area contributed by atoms with Crippen molar-refractivity contribution in [3.05, 3.63) is 47.7 Å². The van der Waals surface area contributed by atoms with Gasteiger partial charge in [0.15, 0.2) is 5.25 Å². The number of nitrogens with one attached hydrogen (secondary N) is 1. The van der Waals surface area contributed by atoms with Gasteiger partial charge in [0.25, 0.3) is 16.0 Å². The molecule has 2 N–H and O–H groups in total. The van der Waals surface area contributed by atoms with Gasteiger partial charge < -0.3 is 10.1 Å². The summed E-state index contributed by atoms with van der Waals surface area (Å²) >= 11 is 18.0. The first-order valence-electron chi connectivity index (χ1n) is 9.05. The number of benzene rings is 1. The maximum Gasteiger partial charge on any atom is 0.354 e. The fourth-order valence-corrected chi connectivity index (χ4v) is 5.59. The summed E-state index contributed by atoms with van der Waals surface area (Å²) in [6.45, 7) is 1.23. The smallest absolute Gasteiger partial charge is 0.354 e. The van der Waals surface area contributed by atoms with Crippen LogP contribution in [0.5, 0.6) is 0 Å². The van der Waals surface area contributed by atoms with E-state index in [1.54, 1.807) is 13.0 Å². The third-order valence-electron chi connectivity index (χ3n) is 4.56. The number of thioether (sulfide) groups is 1. The lowest BCUT2D eigenvalue weighted by atomic mass is 10.0. The van der Waals surface area contributed by atoms with Crippen LogP contribution in [0.4, 0.5) is 0 Å². The van der Waals surface area contributed by atoms with Crippen LogP contribution in [0.2, 0.25) is 0 Å². The van der Waals surface area contributed by atoms with Crippen molar-refractivity contribution in [2.75, 3.05) is 6.61 Å². The number of rotatable bonds is 6. The predicted octanol–water partition coefficient (Wildman–Crippen LogP) is 2.20. The van der Waals surface area contributed by atoms with Gasteiger partial charge >= 0.3 is 5.97 Å². The summed E-state index contributed by atoms with van der Waals surface area (Å²) in [5, 5.41) is -0.482. The molecule has 0 bridgehead atoms. The Bertz CT molecular complexity index is 1060. The Morgan fingerprint density at radius 2 is 1.91 bits per heavy atom. The van der Waals surface area contributed by atoms with Crippen LogP contribution in [0.1, 0.15) is 17.7 Å². The van der Waals surface area contributed by atoms with E-state index in [-0.39, 0.29) is 16.5 Å². The van der Waals surface area contributed by atoms with Gasteiger partial charge in [-0.2, -0.15) is 8.42 Å². The van der Waals surface area contributed by atoms with E-state index in [1.165, 1.54) is 42.1 Å². The minimum absolute atomic E-state index is 0.0386. The molecule has 0 spiro atoms. The fourth-order valence-electron chi connectivity index (χ4n) is 3.26. The monoisotopic (exact) mass is 542 g/mol. The van der Waals surface area contributed by atoms with Crippen LogP contribution >= 0.6 is 46.6 Å². The van der Waals surface area contributed by atoms with Gasteiger partial charge in [0.05, 0.1) is 0 Å². The summed E-state index contributed by atoms with van der Waals surface area (Å²) in [7, 11) is -4.82. The van der Waals surface area contributed by atoms with Crippen molar-refractivity contribution in [2.24, 2.45) is 0 Å². The van der Waals surface area contributed by atoms with Gasteiger partial charge in [-0.15, -0.1) is 11.8 Å². The van der Waals surface area contributed by atoms with Gasteiger partial charge in [-0.25, -0.2) is 4.79 Å². The Morgan fingerprint density at radius 1 is 1.28 bits per heavy atom. The lowest BCUT2D eigenvalue weighted by molar-refractivity contribution is -0.152. The highest BCUT2D eigenvalue weighted by Crippen LogP contribution is 2.41. The summed E-state index contributed by atoms with van der Waals surface area (Å²) in [4.78, 5) is 39.0. The average molecular weight is 544 g/mol. The summed E-state index contributed by atoms with van der Waals surface area (Å²) < 4.78 is 36.4. The molecule has 0 radical (unpaired) electrons. The number of ether oxygens (including phenoxy) is 1. The Hall–Kier alpha value is -1.50. The van der Waals surface area contributed by atoms with Crippen molar-refractivity contribution >= 4 is 74.5 Å². The van der Waals surface area contributed by atoms with E-state index in [2.05, 4.69) is 5.32 Å². The molecule has 1 saturated heterocycles. The van der Waals surface area contributed by atoms with E-state index in [0.717, 1.165) is 4.90 Å². The standard InChI is InChI=1S/C18H17Cl3N2O7S2/c1-9-7-11(17(26)30-8-18(19,20)21)23-15(25)12(16(23)31-9)22-14(24)13(32(27,28)29)10-5-3-2-4-6-10/h2-7,9,12-13,16H,8H2,1H3,(H,22,24)(H,27,28,29)/t9?,12?,13?,16-/m0/s1. The minimum atomic E-state index is -4.82. The van der Waals surface area contributed by atoms with E-state index < -0.39 is 55.0 Å². The van der Waals surface area contributed by atoms with Gasteiger partial charge in [-0.05, 0) is 18.6 Å². The molecule has 3 rings (SSSR count). The van der Waals surface area contributed by atoms with Crippen molar-refractivity contribution in [1.82, 2.24) is 10.2 Å². The summed E-state index contributed by atoms with van der Waals surface area (Å²) in [5.74, 6) is -2.60. The topological polar surface area (TPSA) is 130 Å². The van der Waals surface area contributed by atoms with Crippen LogP contribution in [0.15, 0.2) is 42.1 Å². The highest BCUT2D eigenvalue weighted by Gasteiger charge is 2.55. The second-order valence-corrected chi connectivity index (χ2v) is 12.5. The highest BCUT2D eigenvalue weighted by atomic mass is 35.6. The van der Waals surface area contributed by atoms with E-state index in [0.29, 0.717) is 0 Å². The molecular weight excluding hydrogens is 527 g/mol. The molecule has 2 amide bonds. The Balaban J connectivity index is 1.77. The van der Waals surface area contributed by atoms with Crippen molar-refractivity contribution in [1.29, 1.82) is 0 Å². The van der Waals surface area contributed by atoms with E-state index >= 15 is 0 Å². The van der Waals surface area contributed by atoms with Gasteiger partial charge in [0, 0.05) is 5.25 Å². The lowest BCUT2D eigenvalue weighted by Gasteiger charge is -2.49. The Kier molecular flexibility index (Phi) is 7.38. The molecular formula is C18H17Cl3N2O7S2. The number of carbonyl (C=O) groups excluding carboxylic acids is 3. The minimum Gasteiger partial charge on any atom is -0.456 e. The summed E-state index contributed by atoms with van der Waals surface area (Å²) in [6.07, 6.45) is 1.50. The van der Waals surface area contributed by atoms with E-state index in [9.17, 15) is 27.4 Å². The zero-order chi connectivity index (χ0) is 23.8. The van der Waals surface area contributed by atoms with Gasteiger partial charge in [-0.1, -0.05) is 65.1 Å². The van der Waals surface area contributed by atoms with Crippen molar-refractivity contribution < 1.29 is 32.1 Å². The molecule has 1 aromatic rings. The number of carbonyl (C=O) groups is 3. The lowest BCUT2D eigenvalue weighted by Crippen LogP contribution is -2.71.